The monoisotopic (exact) mass is 259 g/mol. The molecule has 0 amide bonds. The Bertz CT molecular complexity index is 579. The standard InChI is InChI=1S/C15H17NOS/c1-2-12-6-7-13(18-12)9-16-8-11-4-3-5-15(17)14(11)10-16/h6-8,10H,2-5,9H2,1H3. The third-order valence-electron chi connectivity index (χ3n) is 3.52. The second kappa shape index (κ2) is 4.73. The summed E-state index contributed by atoms with van der Waals surface area (Å²) in [7, 11) is 0. The van der Waals surface area contributed by atoms with E-state index in [2.05, 4.69) is 29.8 Å². The molecule has 2 heterocycles. The predicted molar refractivity (Wildman–Crippen MR) is 74.5 cm³/mol. The maximum Gasteiger partial charge on any atom is 0.164 e. The molecule has 0 atom stereocenters. The minimum Gasteiger partial charge on any atom is -0.348 e. The van der Waals surface area contributed by atoms with Crippen molar-refractivity contribution in [1.29, 1.82) is 0 Å². The van der Waals surface area contributed by atoms with E-state index in [-0.39, 0.29) is 0 Å². The number of rotatable bonds is 3. The van der Waals surface area contributed by atoms with Crippen LogP contribution in [-0.2, 0) is 19.4 Å². The lowest BCUT2D eigenvalue weighted by Crippen LogP contribution is -2.07. The molecule has 2 aromatic heterocycles. The molecule has 94 valence electrons. The van der Waals surface area contributed by atoms with Crippen LogP contribution in [-0.4, -0.2) is 10.4 Å². The Labute approximate surface area is 111 Å². The van der Waals surface area contributed by atoms with Crippen LogP contribution >= 0.6 is 11.3 Å². The predicted octanol–water partition coefficient (Wildman–Crippen LogP) is 3.68. The first-order valence-corrected chi connectivity index (χ1v) is 7.37. The molecule has 1 aliphatic carbocycles. The zero-order valence-electron chi connectivity index (χ0n) is 10.6. The largest absolute Gasteiger partial charge is 0.348 e. The van der Waals surface area contributed by atoms with Crippen LogP contribution in [0.25, 0.3) is 0 Å². The minimum absolute atomic E-state index is 0.315. The van der Waals surface area contributed by atoms with Crippen molar-refractivity contribution in [1.82, 2.24) is 4.57 Å². The van der Waals surface area contributed by atoms with E-state index in [1.165, 1.54) is 15.3 Å². The second-order valence-electron chi connectivity index (χ2n) is 4.87. The first-order chi connectivity index (χ1) is 8.76. The molecule has 0 saturated carbocycles. The van der Waals surface area contributed by atoms with Crippen molar-refractivity contribution in [2.75, 3.05) is 0 Å². The van der Waals surface area contributed by atoms with Gasteiger partial charge in [-0.05, 0) is 37.0 Å². The van der Waals surface area contributed by atoms with Gasteiger partial charge in [0.2, 0.25) is 0 Å². The molecule has 1 aliphatic rings. The Hall–Kier alpha value is -1.35. The summed E-state index contributed by atoms with van der Waals surface area (Å²) in [5, 5.41) is 0. The van der Waals surface area contributed by atoms with E-state index in [1.54, 1.807) is 0 Å². The molecule has 18 heavy (non-hydrogen) atoms. The second-order valence-corrected chi connectivity index (χ2v) is 6.12. The van der Waals surface area contributed by atoms with Crippen LogP contribution in [0.1, 0.15) is 45.4 Å². The number of aryl methyl sites for hydroxylation is 2. The summed E-state index contributed by atoms with van der Waals surface area (Å²) in [6, 6.07) is 4.40. The van der Waals surface area contributed by atoms with Gasteiger partial charge in [-0.2, -0.15) is 0 Å². The number of aromatic nitrogens is 1. The topological polar surface area (TPSA) is 22.0 Å². The molecule has 0 spiro atoms. The number of carbonyl (C=O) groups is 1. The van der Waals surface area contributed by atoms with E-state index in [0.717, 1.165) is 37.8 Å². The number of fused-ring (bicyclic) bond motifs is 1. The molecule has 0 aromatic carbocycles. The lowest BCUT2D eigenvalue weighted by Gasteiger charge is -2.07. The van der Waals surface area contributed by atoms with Gasteiger partial charge in [0.25, 0.3) is 0 Å². The number of nitrogens with zero attached hydrogens (tertiary/aromatic N) is 1. The molecule has 2 nitrogen and oxygen atoms in total. The van der Waals surface area contributed by atoms with Gasteiger partial charge in [0.1, 0.15) is 0 Å². The molecule has 0 N–H and O–H groups in total. The first kappa shape index (κ1) is 11.7. The van der Waals surface area contributed by atoms with Crippen molar-refractivity contribution in [3.05, 3.63) is 45.4 Å². The molecular formula is C15H17NOS. The average molecular weight is 259 g/mol. The highest BCUT2D eigenvalue weighted by molar-refractivity contribution is 7.11. The number of ketones is 1. The van der Waals surface area contributed by atoms with Gasteiger partial charge in [0.05, 0.1) is 6.54 Å². The molecule has 0 aliphatic heterocycles. The molecular weight excluding hydrogens is 242 g/mol. The normalized spacial score (nSPS) is 14.8. The van der Waals surface area contributed by atoms with Crippen molar-refractivity contribution < 1.29 is 4.79 Å². The van der Waals surface area contributed by atoms with E-state index in [9.17, 15) is 4.79 Å². The Morgan fingerprint density at radius 2 is 2.06 bits per heavy atom. The van der Waals surface area contributed by atoms with Crippen molar-refractivity contribution in [3.63, 3.8) is 0 Å². The van der Waals surface area contributed by atoms with Crippen LogP contribution in [0.4, 0.5) is 0 Å². The lowest BCUT2D eigenvalue weighted by atomic mass is 9.95. The van der Waals surface area contributed by atoms with Crippen molar-refractivity contribution in [2.45, 2.75) is 39.2 Å². The van der Waals surface area contributed by atoms with Crippen molar-refractivity contribution in [3.8, 4) is 0 Å². The van der Waals surface area contributed by atoms with Crippen LogP contribution in [0.15, 0.2) is 24.5 Å². The van der Waals surface area contributed by atoms with Crippen LogP contribution in [0.3, 0.4) is 0 Å². The van der Waals surface area contributed by atoms with Crippen LogP contribution in [0.5, 0.6) is 0 Å². The van der Waals surface area contributed by atoms with E-state index in [0.29, 0.717) is 5.78 Å². The van der Waals surface area contributed by atoms with Gasteiger partial charge in [-0.25, -0.2) is 0 Å². The lowest BCUT2D eigenvalue weighted by molar-refractivity contribution is 0.0973. The molecule has 3 rings (SSSR count). The summed E-state index contributed by atoms with van der Waals surface area (Å²) in [5.41, 5.74) is 2.19. The zero-order valence-corrected chi connectivity index (χ0v) is 11.4. The van der Waals surface area contributed by atoms with E-state index in [1.807, 2.05) is 17.5 Å². The van der Waals surface area contributed by atoms with Crippen LogP contribution < -0.4 is 0 Å². The minimum atomic E-state index is 0.315. The Balaban J connectivity index is 1.83. The molecule has 3 heteroatoms. The highest BCUT2D eigenvalue weighted by atomic mass is 32.1. The molecule has 0 bridgehead atoms. The molecule has 0 saturated heterocycles. The van der Waals surface area contributed by atoms with E-state index < -0.39 is 0 Å². The van der Waals surface area contributed by atoms with E-state index in [4.69, 9.17) is 0 Å². The highest BCUT2D eigenvalue weighted by Gasteiger charge is 2.19. The zero-order chi connectivity index (χ0) is 12.5. The van der Waals surface area contributed by atoms with Crippen LogP contribution in [0, 0.1) is 0 Å². The fraction of sp³-hybridized carbons (Fsp3) is 0.400. The Kier molecular flexibility index (Phi) is 3.08. The first-order valence-electron chi connectivity index (χ1n) is 6.55. The van der Waals surface area contributed by atoms with Gasteiger partial charge in [0, 0.05) is 34.1 Å². The number of carbonyl (C=O) groups excluding carboxylic acids is 1. The van der Waals surface area contributed by atoms with Gasteiger partial charge in [-0.3, -0.25) is 4.79 Å². The number of thiophene rings is 1. The summed E-state index contributed by atoms with van der Waals surface area (Å²) in [5.74, 6) is 0.315. The Morgan fingerprint density at radius 3 is 2.78 bits per heavy atom. The third-order valence-corrected chi connectivity index (χ3v) is 4.73. The third kappa shape index (κ3) is 2.15. The van der Waals surface area contributed by atoms with Crippen molar-refractivity contribution in [2.24, 2.45) is 0 Å². The van der Waals surface area contributed by atoms with E-state index >= 15 is 0 Å². The summed E-state index contributed by atoms with van der Waals surface area (Å²) in [4.78, 5) is 14.6. The van der Waals surface area contributed by atoms with Gasteiger partial charge in [-0.1, -0.05) is 6.92 Å². The van der Waals surface area contributed by atoms with Gasteiger partial charge in [0.15, 0.2) is 5.78 Å². The van der Waals surface area contributed by atoms with Gasteiger partial charge >= 0.3 is 0 Å². The number of hydrogen-bond acceptors (Lipinski definition) is 2. The summed E-state index contributed by atoms with van der Waals surface area (Å²) in [6.07, 6.45) is 8.06. The number of hydrogen-bond donors (Lipinski definition) is 0. The smallest absolute Gasteiger partial charge is 0.164 e. The quantitative estimate of drug-likeness (QED) is 0.824. The van der Waals surface area contributed by atoms with Gasteiger partial charge < -0.3 is 4.57 Å². The fourth-order valence-corrected chi connectivity index (χ4v) is 3.52. The maximum atomic E-state index is 11.8. The summed E-state index contributed by atoms with van der Waals surface area (Å²) in [6.45, 7) is 3.08. The molecule has 2 aromatic rings. The number of Topliss-reactive ketones (excluding diaryl/α,β-unsaturated/α-hetero) is 1. The molecule has 0 fully saturated rings. The SMILES string of the molecule is CCc1ccc(Cn2cc3c(c2)C(=O)CCC3)s1. The van der Waals surface area contributed by atoms with Gasteiger partial charge in [-0.15, -0.1) is 11.3 Å². The Morgan fingerprint density at radius 1 is 1.22 bits per heavy atom. The summed E-state index contributed by atoms with van der Waals surface area (Å²) < 4.78 is 2.17. The highest BCUT2D eigenvalue weighted by Crippen LogP contribution is 2.24. The maximum absolute atomic E-state index is 11.8. The molecule has 0 radical (unpaired) electrons. The fourth-order valence-electron chi connectivity index (χ4n) is 2.55. The average Bonchev–Trinajstić information content (AvgIpc) is 2.96. The van der Waals surface area contributed by atoms with Crippen molar-refractivity contribution >= 4 is 17.1 Å². The van der Waals surface area contributed by atoms with Crippen LogP contribution in [0.2, 0.25) is 0 Å². The summed E-state index contributed by atoms with van der Waals surface area (Å²) >= 11 is 1.87. The molecule has 0 unspecified atom stereocenters.